The largest absolute Gasteiger partial charge is 0.493 e. The van der Waals surface area contributed by atoms with Gasteiger partial charge >= 0.3 is 0 Å². The quantitative estimate of drug-likeness (QED) is 0.800. The van der Waals surface area contributed by atoms with E-state index in [2.05, 4.69) is 34.3 Å². The van der Waals surface area contributed by atoms with Gasteiger partial charge in [-0.2, -0.15) is 0 Å². The molecule has 0 radical (unpaired) electrons. The molecule has 2 fully saturated rings. The van der Waals surface area contributed by atoms with Crippen molar-refractivity contribution in [2.24, 2.45) is 5.92 Å². The zero-order valence-corrected chi connectivity index (χ0v) is 16.6. The standard InChI is InChI=1S/C23H29N3O2/c1-25-12-14-26(15-13-25)16-18-4-8-21(9-5-18)24-23(27)20-6-10-22(11-7-20)28-17-19-2-3-19/h4-11,19H,2-3,12-17H2,1H3,(H,24,27). The second-order valence-electron chi connectivity index (χ2n) is 8.01. The first-order valence-electron chi connectivity index (χ1n) is 10.2. The summed E-state index contributed by atoms with van der Waals surface area (Å²) < 4.78 is 5.73. The van der Waals surface area contributed by atoms with Crippen molar-refractivity contribution in [3.63, 3.8) is 0 Å². The Morgan fingerprint density at radius 2 is 1.68 bits per heavy atom. The number of nitrogens with one attached hydrogen (secondary N) is 1. The predicted octanol–water partition coefficient (Wildman–Crippen LogP) is 3.48. The van der Waals surface area contributed by atoms with Crippen molar-refractivity contribution in [2.45, 2.75) is 19.4 Å². The summed E-state index contributed by atoms with van der Waals surface area (Å²) in [6.07, 6.45) is 2.54. The van der Waals surface area contributed by atoms with Crippen LogP contribution in [0, 0.1) is 5.92 Å². The van der Waals surface area contributed by atoms with Gasteiger partial charge in [0.15, 0.2) is 0 Å². The van der Waals surface area contributed by atoms with E-state index in [9.17, 15) is 4.79 Å². The number of rotatable bonds is 7. The predicted molar refractivity (Wildman–Crippen MR) is 112 cm³/mol. The summed E-state index contributed by atoms with van der Waals surface area (Å²) in [6, 6.07) is 15.5. The Labute approximate surface area is 167 Å². The van der Waals surface area contributed by atoms with Gasteiger partial charge < -0.3 is 15.0 Å². The van der Waals surface area contributed by atoms with Crippen LogP contribution in [0.1, 0.15) is 28.8 Å². The summed E-state index contributed by atoms with van der Waals surface area (Å²) in [5.41, 5.74) is 2.74. The highest BCUT2D eigenvalue weighted by Crippen LogP contribution is 2.29. The fourth-order valence-corrected chi connectivity index (χ4v) is 3.36. The van der Waals surface area contributed by atoms with E-state index >= 15 is 0 Å². The number of carbonyl (C=O) groups excluding carboxylic acids is 1. The van der Waals surface area contributed by atoms with Gasteiger partial charge in [-0.1, -0.05) is 12.1 Å². The first-order chi connectivity index (χ1) is 13.7. The van der Waals surface area contributed by atoms with Crippen LogP contribution in [0.3, 0.4) is 0 Å². The Morgan fingerprint density at radius 3 is 2.32 bits per heavy atom. The normalized spacial score (nSPS) is 18.0. The molecule has 1 aliphatic carbocycles. The Kier molecular flexibility index (Phi) is 5.93. The third-order valence-electron chi connectivity index (χ3n) is 5.51. The number of piperazine rings is 1. The summed E-state index contributed by atoms with van der Waals surface area (Å²) >= 11 is 0. The van der Waals surface area contributed by atoms with Crippen LogP contribution in [0.4, 0.5) is 5.69 Å². The lowest BCUT2D eigenvalue weighted by Gasteiger charge is -2.32. The van der Waals surface area contributed by atoms with E-state index in [1.165, 1.54) is 18.4 Å². The van der Waals surface area contributed by atoms with Crippen LogP contribution in [-0.4, -0.2) is 55.5 Å². The van der Waals surface area contributed by atoms with E-state index in [-0.39, 0.29) is 5.91 Å². The molecule has 1 heterocycles. The van der Waals surface area contributed by atoms with Crippen molar-refractivity contribution in [3.8, 4) is 5.75 Å². The lowest BCUT2D eigenvalue weighted by atomic mass is 10.1. The molecule has 0 spiro atoms. The number of carbonyl (C=O) groups is 1. The molecule has 1 N–H and O–H groups in total. The van der Waals surface area contributed by atoms with Crippen LogP contribution in [-0.2, 0) is 6.54 Å². The number of hydrogen-bond donors (Lipinski definition) is 1. The fourth-order valence-electron chi connectivity index (χ4n) is 3.36. The molecule has 0 unspecified atom stereocenters. The van der Waals surface area contributed by atoms with Gasteiger partial charge in [-0.3, -0.25) is 9.69 Å². The molecular weight excluding hydrogens is 350 g/mol. The molecule has 1 saturated carbocycles. The summed E-state index contributed by atoms with van der Waals surface area (Å²) in [7, 11) is 2.17. The van der Waals surface area contributed by atoms with E-state index in [0.717, 1.165) is 56.7 Å². The van der Waals surface area contributed by atoms with Crippen molar-refractivity contribution in [2.75, 3.05) is 45.2 Å². The van der Waals surface area contributed by atoms with Crippen molar-refractivity contribution < 1.29 is 9.53 Å². The van der Waals surface area contributed by atoms with Gasteiger partial charge in [0.05, 0.1) is 6.61 Å². The zero-order valence-electron chi connectivity index (χ0n) is 16.6. The average molecular weight is 380 g/mol. The number of amides is 1. The number of benzene rings is 2. The molecule has 1 saturated heterocycles. The van der Waals surface area contributed by atoms with E-state index in [4.69, 9.17) is 4.74 Å². The monoisotopic (exact) mass is 379 g/mol. The van der Waals surface area contributed by atoms with Gasteiger partial charge in [0.25, 0.3) is 5.91 Å². The van der Waals surface area contributed by atoms with Crippen LogP contribution in [0.25, 0.3) is 0 Å². The molecule has 4 rings (SSSR count). The molecule has 28 heavy (non-hydrogen) atoms. The molecule has 5 nitrogen and oxygen atoms in total. The van der Waals surface area contributed by atoms with Crippen molar-refractivity contribution in [1.82, 2.24) is 9.80 Å². The van der Waals surface area contributed by atoms with Gasteiger partial charge in [-0.15, -0.1) is 0 Å². The van der Waals surface area contributed by atoms with Gasteiger partial charge in [0.2, 0.25) is 0 Å². The molecule has 2 aromatic carbocycles. The summed E-state index contributed by atoms with van der Waals surface area (Å²) in [5, 5.41) is 2.97. The highest BCUT2D eigenvalue weighted by Gasteiger charge is 2.21. The Hall–Kier alpha value is -2.37. The Bertz CT molecular complexity index is 776. The molecule has 0 atom stereocenters. The SMILES string of the molecule is CN1CCN(Cc2ccc(NC(=O)c3ccc(OCC4CC4)cc3)cc2)CC1. The minimum absolute atomic E-state index is 0.0967. The van der Waals surface area contributed by atoms with Gasteiger partial charge in [-0.05, 0) is 67.8 Å². The molecule has 0 aromatic heterocycles. The Balaban J connectivity index is 1.27. The third kappa shape index (κ3) is 5.33. The molecule has 1 aliphatic heterocycles. The van der Waals surface area contributed by atoms with E-state index < -0.39 is 0 Å². The van der Waals surface area contributed by atoms with Crippen LogP contribution in [0.15, 0.2) is 48.5 Å². The lowest BCUT2D eigenvalue weighted by Crippen LogP contribution is -2.43. The van der Waals surface area contributed by atoms with Gasteiger partial charge in [0, 0.05) is 44.0 Å². The number of likely N-dealkylation sites (N-methyl/N-ethyl adjacent to an activating group) is 1. The van der Waals surface area contributed by atoms with E-state index in [1.54, 1.807) is 0 Å². The third-order valence-corrected chi connectivity index (χ3v) is 5.51. The molecule has 5 heteroatoms. The number of hydrogen-bond acceptors (Lipinski definition) is 4. The topological polar surface area (TPSA) is 44.8 Å². The first kappa shape index (κ1) is 19.0. The van der Waals surface area contributed by atoms with E-state index in [0.29, 0.717) is 5.56 Å². The van der Waals surface area contributed by atoms with Crippen molar-refractivity contribution >= 4 is 11.6 Å². The van der Waals surface area contributed by atoms with Gasteiger partial charge in [-0.25, -0.2) is 0 Å². The number of ether oxygens (including phenoxy) is 1. The maximum Gasteiger partial charge on any atom is 0.255 e. The van der Waals surface area contributed by atoms with Crippen LogP contribution < -0.4 is 10.1 Å². The number of nitrogens with zero attached hydrogens (tertiary/aromatic N) is 2. The minimum Gasteiger partial charge on any atom is -0.493 e. The smallest absolute Gasteiger partial charge is 0.255 e. The van der Waals surface area contributed by atoms with E-state index in [1.807, 2.05) is 36.4 Å². The maximum absolute atomic E-state index is 12.5. The minimum atomic E-state index is -0.0967. The first-order valence-corrected chi connectivity index (χ1v) is 10.2. The molecule has 2 aliphatic rings. The molecule has 148 valence electrons. The molecular formula is C23H29N3O2. The Morgan fingerprint density at radius 1 is 1.00 bits per heavy atom. The highest BCUT2D eigenvalue weighted by molar-refractivity contribution is 6.04. The second-order valence-corrected chi connectivity index (χ2v) is 8.01. The summed E-state index contributed by atoms with van der Waals surface area (Å²) in [6.45, 7) is 6.21. The summed E-state index contributed by atoms with van der Waals surface area (Å²) in [4.78, 5) is 17.3. The van der Waals surface area contributed by atoms with Crippen molar-refractivity contribution in [1.29, 1.82) is 0 Å². The molecule has 1 amide bonds. The summed E-state index contributed by atoms with van der Waals surface area (Å²) in [5.74, 6) is 1.46. The molecule has 0 bridgehead atoms. The highest BCUT2D eigenvalue weighted by atomic mass is 16.5. The zero-order chi connectivity index (χ0) is 19.3. The van der Waals surface area contributed by atoms with Crippen LogP contribution >= 0.6 is 0 Å². The lowest BCUT2D eigenvalue weighted by molar-refractivity contribution is 0.102. The maximum atomic E-state index is 12.5. The molecule has 2 aromatic rings. The second kappa shape index (κ2) is 8.76. The average Bonchev–Trinajstić information content (AvgIpc) is 3.54. The van der Waals surface area contributed by atoms with Gasteiger partial charge in [0.1, 0.15) is 5.75 Å². The van der Waals surface area contributed by atoms with Crippen molar-refractivity contribution in [3.05, 3.63) is 59.7 Å². The van der Waals surface area contributed by atoms with Crippen LogP contribution in [0.2, 0.25) is 0 Å². The van der Waals surface area contributed by atoms with Crippen LogP contribution in [0.5, 0.6) is 5.75 Å². The number of anilines is 1. The fraction of sp³-hybridized carbons (Fsp3) is 0.435.